The first kappa shape index (κ1) is 6.09. The van der Waals surface area contributed by atoms with Crippen LogP contribution in [-0.2, 0) is 0 Å². The molecule has 0 aromatic carbocycles. The number of thioether (sulfide) groups is 1. The predicted octanol–water partition coefficient (Wildman–Crippen LogP) is 2.09. The van der Waals surface area contributed by atoms with Gasteiger partial charge in [0.05, 0.1) is 0 Å². The second-order valence-corrected chi connectivity index (χ2v) is 1.73. The zero-order chi connectivity index (χ0) is 4.83. The van der Waals surface area contributed by atoms with Crippen molar-refractivity contribution in [3.8, 4) is 0 Å². The molecule has 0 aromatic heterocycles. The topological polar surface area (TPSA) is 0 Å². The summed E-state index contributed by atoms with van der Waals surface area (Å²) in [6.45, 7) is 3.55. The van der Waals surface area contributed by atoms with Crippen LogP contribution in [0.5, 0.6) is 0 Å². The lowest BCUT2D eigenvalue weighted by Crippen LogP contribution is -1.57. The Bertz CT molecular complexity index is 32.9. The highest BCUT2D eigenvalue weighted by Gasteiger charge is 1.72. The maximum absolute atomic E-state index is 3.55. The van der Waals surface area contributed by atoms with Crippen molar-refractivity contribution >= 4 is 11.8 Å². The van der Waals surface area contributed by atoms with Gasteiger partial charge in [0.1, 0.15) is 0 Å². The molecule has 35 valence electrons. The molecule has 0 saturated heterocycles. The highest BCUT2D eigenvalue weighted by Crippen LogP contribution is 2.01. The standard InChI is InChI=1S/C5H9S/c1-3-4-5-6-2/h3,5H,1,4H2,2H3. The van der Waals surface area contributed by atoms with Crippen molar-refractivity contribution in [3.63, 3.8) is 0 Å². The predicted molar refractivity (Wildman–Crippen MR) is 32.6 cm³/mol. The summed E-state index contributed by atoms with van der Waals surface area (Å²) in [5, 5.41) is 0. The van der Waals surface area contributed by atoms with Crippen LogP contribution in [0.4, 0.5) is 0 Å². The van der Waals surface area contributed by atoms with Crippen molar-refractivity contribution in [1.82, 2.24) is 0 Å². The molecule has 0 spiro atoms. The minimum Gasteiger partial charge on any atom is -0.161 e. The average molecular weight is 101 g/mol. The van der Waals surface area contributed by atoms with E-state index in [2.05, 4.69) is 12.3 Å². The lowest BCUT2D eigenvalue weighted by atomic mass is 10.5. The molecule has 0 aliphatic rings. The van der Waals surface area contributed by atoms with Gasteiger partial charge in [-0.2, -0.15) is 11.8 Å². The zero-order valence-electron chi connectivity index (χ0n) is 3.98. The molecule has 0 fully saturated rings. The summed E-state index contributed by atoms with van der Waals surface area (Å²) in [6, 6.07) is 0. The van der Waals surface area contributed by atoms with Crippen molar-refractivity contribution in [2.24, 2.45) is 0 Å². The molecule has 0 atom stereocenters. The van der Waals surface area contributed by atoms with Gasteiger partial charge in [0.25, 0.3) is 0 Å². The molecule has 0 aliphatic heterocycles. The van der Waals surface area contributed by atoms with Gasteiger partial charge in [-0.25, -0.2) is 0 Å². The van der Waals surface area contributed by atoms with Gasteiger partial charge in [0.15, 0.2) is 0 Å². The molecule has 0 amide bonds. The fourth-order valence-electron chi connectivity index (χ4n) is 0.164. The van der Waals surface area contributed by atoms with E-state index in [0.717, 1.165) is 6.42 Å². The lowest BCUT2D eigenvalue weighted by Gasteiger charge is -1.81. The molecule has 0 heterocycles. The summed E-state index contributed by atoms with van der Waals surface area (Å²) in [6.07, 6.45) is 4.95. The molecule has 1 heteroatoms. The normalized spacial score (nSPS) is 8.17. The first-order valence-corrected chi connectivity index (χ1v) is 3.16. The van der Waals surface area contributed by atoms with Crippen LogP contribution in [0.25, 0.3) is 0 Å². The Morgan fingerprint density at radius 1 is 1.83 bits per heavy atom. The first-order valence-electron chi connectivity index (χ1n) is 1.87. The Kier molecular flexibility index (Phi) is 5.17. The quantitative estimate of drug-likeness (QED) is 0.387. The summed E-state index contributed by atoms with van der Waals surface area (Å²) in [4.78, 5) is 0. The molecular weight excluding hydrogens is 92.1 g/mol. The van der Waals surface area contributed by atoms with Crippen molar-refractivity contribution in [2.75, 3.05) is 6.26 Å². The van der Waals surface area contributed by atoms with Crippen molar-refractivity contribution in [3.05, 3.63) is 18.4 Å². The third kappa shape index (κ3) is 4.09. The maximum Gasteiger partial charge on any atom is 0.0200 e. The maximum atomic E-state index is 3.55. The summed E-state index contributed by atoms with van der Waals surface area (Å²) in [7, 11) is 0. The highest BCUT2D eigenvalue weighted by molar-refractivity contribution is 8.00. The number of allylic oxidation sites excluding steroid dienone is 1. The van der Waals surface area contributed by atoms with E-state index in [9.17, 15) is 0 Å². The van der Waals surface area contributed by atoms with Gasteiger partial charge in [-0.15, -0.1) is 6.58 Å². The highest BCUT2D eigenvalue weighted by atomic mass is 32.2. The van der Waals surface area contributed by atoms with Crippen LogP contribution >= 0.6 is 11.8 Å². The summed E-state index contributed by atoms with van der Waals surface area (Å²) < 4.78 is 0. The third-order valence-electron chi connectivity index (χ3n) is 0.430. The second-order valence-electron chi connectivity index (χ2n) is 0.927. The van der Waals surface area contributed by atoms with E-state index in [1.54, 1.807) is 11.8 Å². The minimum atomic E-state index is 1.02. The van der Waals surface area contributed by atoms with Gasteiger partial charge in [-0.1, -0.05) is 6.08 Å². The van der Waals surface area contributed by atoms with Crippen LogP contribution in [0.1, 0.15) is 6.42 Å². The van der Waals surface area contributed by atoms with E-state index in [0.29, 0.717) is 0 Å². The molecule has 0 rings (SSSR count). The van der Waals surface area contributed by atoms with Gasteiger partial charge in [-0.3, -0.25) is 0 Å². The third-order valence-corrected chi connectivity index (χ3v) is 0.955. The van der Waals surface area contributed by atoms with Crippen LogP contribution in [0.3, 0.4) is 0 Å². The Hall–Kier alpha value is 0.0900. The van der Waals surface area contributed by atoms with E-state index in [4.69, 9.17) is 0 Å². The van der Waals surface area contributed by atoms with E-state index >= 15 is 0 Å². The molecule has 6 heavy (non-hydrogen) atoms. The van der Waals surface area contributed by atoms with Gasteiger partial charge < -0.3 is 0 Å². The molecule has 0 bridgehead atoms. The summed E-state index contributed by atoms with van der Waals surface area (Å²) in [5.74, 6) is 2.10. The molecule has 0 N–H and O–H groups in total. The summed E-state index contributed by atoms with van der Waals surface area (Å²) in [5.41, 5.74) is 0. The molecule has 0 unspecified atom stereocenters. The van der Waals surface area contributed by atoms with Gasteiger partial charge >= 0.3 is 0 Å². The number of hydrogen-bond donors (Lipinski definition) is 0. The number of hydrogen-bond acceptors (Lipinski definition) is 1. The van der Waals surface area contributed by atoms with Crippen molar-refractivity contribution < 1.29 is 0 Å². The van der Waals surface area contributed by atoms with Crippen LogP contribution < -0.4 is 0 Å². The van der Waals surface area contributed by atoms with E-state index in [1.165, 1.54) is 0 Å². The number of rotatable bonds is 3. The van der Waals surface area contributed by atoms with E-state index in [1.807, 2.05) is 12.3 Å². The SMILES string of the molecule is C=CC[CH]SC. The van der Waals surface area contributed by atoms with Crippen LogP contribution in [0.2, 0.25) is 0 Å². The molecule has 0 saturated carbocycles. The smallest absolute Gasteiger partial charge is 0.0200 e. The van der Waals surface area contributed by atoms with Gasteiger partial charge in [-0.05, 0) is 12.7 Å². The molecule has 0 aliphatic carbocycles. The Morgan fingerprint density at radius 3 is 2.67 bits per heavy atom. The van der Waals surface area contributed by atoms with E-state index < -0.39 is 0 Å². The molecule has 1 radical (unpaired) electrons. The molecular formula is C5H9S. The van der Waals surface area contributed by atoms with Crippen molar-refractivity contribution in [1.29, 1.82) is 0 Å². The Morgan fingerprint density at radius 2 is 2.50 bits per heavy atom. The largest absolute Gasteiger partial charge is 0.161 e. The lowest BCUT2D eigenvalue weighted by molar-refractivity contribution is 1.38. The fraction of sp³-hybridized carbons (Fsp3) is 0.400. The van der Waals surface area contributed by atoms with Crippen LogP contribution in [0.15, 0.2) is 12.7 Å². The molecule has 0 aromatic rings. The monoisotopic (exact) mass is 101 g/mol. The van der Waals surface area contributed by atoms with Gasteiger partial charge in [0.2, 0.25) is 0 Å². The Balaban J connectivity index is 2.49. The zero-order valence-corrected chi connectivity index (χ0v) is 4.79. The second kappa shape index (κ2) is 5.09. The van der Waals surface area contributed by atoms with Crippen molar-refractivity contribution in [2.45, 2.75) is 6.42 Å². The summed E-state index contributed by atoms with van der Waals surface area (Å²) >= 11 is 1.73. The first-order chi connectivity index (χ1) is 2.91. The molecule has 0 nitrogen and oxygen atoms in total. The van der Waals surface area contributed by atoms with E-state index in [-0.39, 0.29) is 0 Å². The van der Waals surface area contributed by atoms with Crippen LogP contribution in [-0.4, -0.2) is 6.26 Å². The minimum absolute atomic E-state index is 1.02. The van der Waals surface area contributed by atoms with Gasteiger partial charge in [0, 0.05) is 5.75 Å². The average Bonchev–Trinajstić information content (AvgIpc) is 1.61. The Labute approximate surface area is 43.6 Å². The van der Waals surface area contributed by atoms with Crippen LogP contribution in [0, 0.1) is 5.75 Å². The fourth-order valence-corrected chi connectivity index (χ4v) is 0.493.